The molecule has 0 radical (unpaired) electrons. The maximum Gasteiger partial charge on any atom is 0.275 e. The first kappa shape index (κ1) is 20.0. The lowest BCUT2D eigenvalue weighted by Crippen LogP contribution is -2.35. The fourth-order valence-corrected chi connectivity index (χ4v) is 4.56. The number of rotatable bonds is 5. The number of sulfonamides is 1. The van der Waals surface area contributed by atoms with Crippen molar-refractivity contribution >= 4 is 21.6 Å². The summed E-state index contributed by atoms with van der Waals surface area (Å²) >= 11 is 0. The number of aromatic hydroxyl groups is 1. The highest BCUT2D eigenvalue weighted by molar-refractivity contribution is 7.89. The molecule has 7 nitrogen and oxygen atoms in total. The van der Waals surface area contributed by atoms with Crippen molar-refractivity contribution in [3.8, 4) is 5.75 Å². The van der Waals surface area contributed by atoms with E-state index in [9.17, 15) is 18.3 Å². The molecule has 1 aliphatic heterocycles. The van der Waals surface area contributed by atoms with Crippen LogP contribution in [0.25, 0.3) is 0 Å². The third-order valence-corrected chi connectivity index (χ3v) is 6.61. The van der Waals surface area contributed by atoms with Crippen LogP contribution in [0.5, 0.6) is 5.75 Å². The van der Waals surface area contributed by atoms with Crippen LogP contribution in [0.2, 0.25) is 0 Å². The van der Waals surface area contributed by atoms with Crippen molar-refractivity contribution in [3.05, 3.63) is 59.7 Å². The largest absolute Gasteiger partial charge is 0.507 e. The van der Waals surface area contributed by atoms with E-state index in [0.717, 1.165) is 19.3 Å². The molecule has 0 saturated carbocycles. The summed E-state index contributed by atoms with van der Waals surface area (Å²) < 4.78 is 26.9. The number of nitrogens with one attached hydrogen (secondary N) is 1. The van der Waals surface area contributed by atoms with Crippen molar-refractivity contribution in [2.75, 3.05) is 13.1 Å². The molecule has 2 aromatic carbocycles. The number of nitrogens with zero attached hydrogens (tertiary/aromatic N) is 2. The lowest BCUT2D eigenvalue weighted by Gasteiger charge is -2.25. The van der Waals surface area contributed by atoms with E-state index in [2.05, 4.69) is 10.5 Å². The van der Waals surface area contributed by atoms with Crippen molar-refractivity contribution in [1.82, 2.24) is 9.73 Å². The van der Waals surface area contributed by atoms with Crippen LogP contribution in [0.4, 0.5) is 0 Å². The second-order valence-corrected chi connectivity index (χ2v) is 8.58. The van der Waals surface area contributed by atoms with Gasteiger partial charge in [-0.25, -0.2) is 13.8 Å². The number of carbonyl (C=O) groups excluding carboxylic acids is 1. The number of phenols is 1. The van der Waals surface area contributed by atoms with Gasteiger partial charge in [0, 0.05) is 13.1 Å². The van der Waals surface area contributed by atoms with Crippen LogP contribution in [0.1, 0.15) is 42.1 Å². The van der Waals surface area contributed by atoms with Crippen LogP contribution < -0.4 is 5.43 Å². The maximum absolute atomic E-state index is 12.7. The molecule has 1 fully saturated rings. The summed E-state index contributed by atoms with van der Waals surface area (Å²) in [5.74, 6) is -0.651. The smallest absolute Gasteiger partial charge is 0.275 e. The van der Waals surface area contributed by atoms with Crippen molar-refractivity contribution in [1.29, 1.82) is 0 Å². The Bertz CT molecular complexity index is 979. The van der Waals surface area contributed by atoms with Gasteiger partial charge in [-0.2, -0.15) is 9.41 Å². The number of hydrazone groups is 1. The van der Waals surface area contributed by atoms with E-state index in [1.54, 1.807) is 43.3 Å². The van der Waals surface area contributed by atoms with Gasteiger partial charge in [0.05, 0.1) is 16.2 Å². The highest BCUT2D eigenvalue weighted by Crippen LogP contribution is 2.21. The molecule has 8 heteroatoms. The lowest BCUT2D eigenvalue weighted by molar-refractivity contribution is 0.0952. The van der Waals surface area contributed by atoms with E-state index in [1.807, 2.05) is 0 Å². The number of hydrogen-bond donors (Lipinski definition) is 2. The summed E-state index contributed by atoms with van der Waals surface area (Å²) in [5.41, 5.74) is 3.73. The summed E-state index contributed by atoms with van der Waals surface area (Å²) in [6.07, 6.45) is 2.84. The molecular formula is C20H23N3O4S. The first-order valence-electron chi connectivity index (χ1n) is 9.13. The van der Waals surface area contributed by atoms with Gasteiger partial charge in [0.2, 0.25) is 10.0 Å². The molecule has 0 spiro atoms. The highest BCUT2D eigenvalue weighted by Gasteiger charge is 2.25. The van der Waals surface area contributed by atoms with Crippen LogP contribution in [0.3, 0.4) is 0 Å². The molecule has 0 atom stereocenters. The molecule has 0 bridgehead atoms. The van der Waals surface area contributed by atoms with Crippen LogP contribution in [0, 0.1) is 0 Å². The number of benzene rings is 2. The molecule has 148 valence electrons. The number of phenolic OH excluding ortho intramolecular Hbond substituents is 1. The zero-order chi connectivity index (χ0) is 20.1. The molecule has 0 unspecified atom stereocenters. The van der Waals surface area contributed by atoms with Gasteiger partial charge in [-0.1, -0.05) is 30.7 Å². The minimum Gasteiger partial charge on any atom is -0.507 e. The van der Waals surface area contributed by atoms with Gasteiger partial charge < -0.3 is 5.11 Å². The van der Waals surface area contributed by atoms with E-state index >= 15 is 0 Å². The average Bonchev–Trinajstić information content (AvgIpc) is 2.73. The molecule has 1 amide bonds. The zero-order valence-electron chi connectivity index (χ0n) is 15.6. The average molecular weight is 401 g/mol. The first-order valence-corrected chi connectivity index (χ1v) is 10.6. The summed E-state index contributed by atoms with van der Waals surface area (Å²) in [6, 6.07) is 12.6. The Kier molecular flexibility index (Phi) is 6.11. The monoisotopic (exact) mass is 401 g/mol. The molecule has 1 aliphatic rings. The van der Waals surface area contributed by atoms with Crippen LogP contribution >= 0.6 is 0 Å². The van der Waals surface area contributed by atoms with E-state index in [0.29, 0.717) is 24.4 Å². The van der Waals surface area contributed by atoms with Gasteiger partial charge in [0.1, 0.15) is 5.75 Å². The molecule has 28 heavy (non-hydrogen) atoms. The Morgan fingerprint density at radius 2 is 1.68 bits per heavy atom. The van der Waals surface area contributed by atoms with Crippen molar-refractivity contribution in [3.63, 3.8) is 0 Å². The van der Waals surface area contributed by atoms with E-state index in [1.165, 1.54) is 16.4 Å². The minimum atomic E-state index is -3.48. The molecule has 2 aromatic rings. The highest BCUT2D eigenvalue weighted by atomic mass is 32.2. The van der Waals surface area contributed by atoms with Crippen LogP contribution in [-0.2, 0) is 10.0 Å². The van der Waals surface area contributed by atoms with E-state index in [-0.39, 0.29) is 16.2 Å². The second kappa shape index (κ2) is 8.53. The Hall–Kier alpha value is -2.71. The molecule has 1 saturated heterocycles. The van der Waals surface area contributed by atoms with Gasteiger partial charge in [-0.05, 0) is 49.6 Å². The molecule has 2 N–H and O–H groups in total. The van der Waals surface area contributed by atoms with Gasteiger partial charge in [-0.3, -0.25) is 4.79 Å². The number of carbonyl (C=O) groups is 1. The summed E-state index contributed by atoms with van der Waals surface area (Å²) in [6.45, 7) is 2.82. The van der Waals surface area contributed by atoms with Gasteiger partial charge >= 0.3 is 0 Å². The van der Waals surface area contributed by atoms with Crippen LogP contribution in [-0.4, -0.2) is 42.5 Å². The fourth-order valence-electron chi connectivity index (χ4n) is 3.05. The molecule has 3 rings (SSSR count). The summed E-state index contributed by atoms with van der Waals surface area (Å²) in [5, 5.41) is 13.7. The summed E-state index contributed by atoms with van der Waals surface area (Å²) in [4.78, 5) is 12.4. The molecule has 0 aromatic heterocycles. The van der Waals surface area contributed by atoms with E-state index < -0.39 is 15.9 Å². The second-order valence-electron chi connectivity index (χ2n) is 6.64. The number of para-hydroxylation sites is 1. The Morgan fingerprint density at radius 3 is 2.32 bits per heavy atom. The Morgan fingerprint density at radius 1 is 1.04 bits per heavy atom. The standard InChI is InChI=1S/C20H23N3O4S/c1-15(21-22-20(25)18-7-3-4-8-19(18)24)16-9-11-17(12-10-16)28(26,27)23-13-5-2-6-14-23/h3-4,7-12,24H,2,5-6,13-14H2,1H3,(H,22,25)/b21-15-. The minimum absolute atomic E-state index is 0.125. The number of hydrogen-bond acceptors (Lipinski definition) is 5. The third kappa shape index (κ3) is 4.40. The topological polar surface area (TPSA) is 99.1 Å². The van der Waals surface area contributed by atoms with Gasteiger partial charge in [0.25, 0.3) is 5.91 Å². The quantitative estimate of drug-likeness (QED) is 0.594. The van der Waals surface area contributed by atoms with Gasteiger partial charge in [0.15, 0.2) is 0 Å². The number of amides is 1. The predicted octanol–water partition coefficient (Wildman–Crippen LogP) is 2.72. The van der Waals surface area contributed by atoms with Crippen molar-refractivity contribution in [2.24, 2.45) is 5.10 Å². The first-order chi connectivity index (χ1) is 13.4. The molecule has 1 heterocycles. The normalized spacial score (nSPS) is 16.0. The Labute approximate surface area is 164 Å². The van der Waals surface area contributed by atoms with Crippen molar-refractivity contribution < 1.29 is 18.3 Å². The van der Waals surface area contributed by atoms with E-state index in [4.69, 9.17) is 0 Å². The summed E-state index contributed by atoms with van der Waals surface area (Å²) in [7, 11) is -3.48. The Balaban J connectivity index is 1.71. The zero-order valence-corrected chi connectivity index (χ0v) is 16.4. The number of piperidine rings is 1. The fraction of sp³-hybridized carbons (Fsp3) is 0.300. The van der Waals surface area contributed by atoms with Gasteiger partial charge in [-0.15, -0.1) is 0 Å². The SMILES string of the molecule is C/C(=N/NC(=O)c1ccccc1O)c1ccc(S(=O)(=O)N2CCCCC2)cc1. The maximum atomic E-state index is 12.7. The van der Waals surface area contributed by atoms with Crippen LogP contribution in [0.15, 0.2) is 58.5 Å². The molecule has 0 aliphatic carbocycles. The predicted molar refractivity (Wildman–Crippen MR) is 107 cm³/mol. The third-order valence-electron chi connectivity index (χ3n) is 4.70. The molecular weight excluding hydrogens is 378 g/mol. The lowest BCUT2D eigenvalue weighted by atomic mass is 10.1. The van der Waals surface area contributed by atoms with Crippen molar-refractivity contribution in [2.45, 2.75) is 31.1 Å².